The van der Waals surface area contributed by atoms with Crippen molar-refractivity contribution in [2.45, 2.75) is 31.3 Å². The number of sulfonamides is 1. The van der Waals surface area contributed by atoms with Crippen LogP contribution in [0.25, 0.3) is 0 Å². The van der Waals surface area contributed by atoms with E-state index < -0.39 is 28.5 Å². The predicted molar refractivity (Wildman–Crippen MR) is 145 cm³/mol. The van der Waals surface area contributed by atoms with Gasteiger partial charge in [0.05, 0.1) is 10.6 Å². The summed E-state index contributed by atoms with van der Waals surface area (Å²) in [5.74, 6) is -0.899. The molecule has 36 heavy (non-hydrogen) atoms. The van der Waals surface area contributed by atoms with Gasteiger partial charge >= 0.3 is 0 Å². The molecule has 0 aliphatic heterocycles. The van der Waals surface area contributed by atoms with Crippen LogP contribution in [0.3, 0.4) is 0 Å². The van der Waals surface area contributed by atoms with Crippen LogP contribution < -0.4 is 9.62 Å². The first-order chi connectivity index (χ1) is 17.0. The van der Waals surface area contributed by atoms with Crippen LogP contribution in [0, 0.1) is 6.92 Å². The van der Waals surface area contributed by atoms with Crippen LogP contribution in [0.15, 0.2) is 82.2 Å². The average Bonchev–Trinajstić information content (AvgIpc) is 2.86. The van der Waals surface area contributed by atoms with Crippen LogP contribution in [0.4, 0.5) is 5.69 Å². The molecule has 2 amide bonds. The van der Waals surface area contributed by atoms with Crippen molar-refractivity contribution in [1.82, 2.24) is 10.2 Å². The number of anilines is 1. The zero-order chi connectivity index (χ0) is 26.5. The summed E-state index contributed by atoms with van der Waals surface area (Å²) in [6.07, 6.45) is 0. The maximum atomic E-state index is 13.7. The van der Waals surface area contributed by atoms with Gasteiger partial charge in [-0.3, -0.25) is 13.9 Å². The molecule has 0 aromatic heterocycles. The zero-order valence-electron chi connectivity index (χ0n) is 20.1. The molecule has 3 aromatic rings. The molecule has 0 unspecified atom stereocenters. The lowest BCUT2D eigenvalue weighted by molar-refractivity contribution is -0.139. The van der Waals surface area contributed by atoms with Gasteiger partial charge < -0.3 is 10.2 Å². The second-order valence-corrected chi connectivity index (χ2v) is 11.5. The van der Waals surface area contributed by atoms with Crippen LogP contribution in [-0.2, 0) is 26.2 Å². The number of nitrogens with zero attached hydrogens (tertiary/aromatic N) is 2. The van der Waals surface area contributed by atoms with Crippen LogP contribution >= 0.6 is 27.5 Å². The Morgan fingerprint density at radius 3 is 2.25 bits per heavy atom. The Kier molecular flexibility index (Phi) is 9.16. The van der Waals surface area contributed by atoms with Crippen LogP contribution in [0.2, 0.25) is 5.02 Å². The molecule has 190 valence electrons. The van der Waals surface area contributed by atoms with E-state index in [1.165, 1.54) is 24.1 Å². The minimum absolute atomic E-state index is 0.0597. The van der Waals surface area contributed by atoms with Gasteiger partial charge in [-0.2, -0.15) is 0 Å². The number of aryl methyl sites for hydroxylation is 1. The fraction of sp³-hybridized carbons (Fsp3) is 0.231. The largest absolute Gasteiger partial charge is 0.357 e. The van der Waals surface area contributed by atoms with Crippen molar-refractivity contribution in [2.75, 3.05) is 17.9 Å². The molecule has 7 nitrogen and oxygen atoms in total. The Morgan fingerprint density at radius 2 is 1.67 bits per heavy atom. The van der Waals surface area contributed by atoms with Gasteiger partial charge in [-0.05, 0) is 61.9 Å². The van der Waals surface area contributed by atoms with Crippen molar-refractivity contribution in [3.63, 3.8) is 0 Å². The number of likely N-dealkylation sites (N-methyl/N-ethyl adjacent to an activating group) is 1. The van der Waals surface area contributed by atoms with Gasteiger partial charge in [0.1, 0.15) is 12.6 Å². The lowest BCUT2D eigenvalue weighted by Crippen LogP contribution is -2.50. The minimum atomic E-state index is -4.10. The summed E-state index contributed by atoms with van der Waals surface area (Å²) in [6.45, 7) is 3.06. The Balaban J connectivity index is 2.02. The van der Waals surface area contributed by atoms with E-state index in [2.05, 4.69) is 21.2 Å². The fourth-order valence-corrected chi connectivity index (χ4v) is 5.49. The van der Waals surface area contributed by atoms with Crippen molar-refractivity contribution in [3.05, 3.63) is 93.4 Å². The summed E-state index contributed by atoms with van der Waals surface area (Å²) in [5, 5.41) is 3.10. The van der Waals surface area contributed by atoms with E-state index in [4.69, 9.17) is 11.6 Å². The summed E-state index contributed by atoms with van der Waals surface area (Å²) in [5.41, 5.74) is 1.98. The van der Waals surface area contributed by atoms with E-state index in [0.29, 0.717) is 15.2 Å². The topological polar surface area (TPSA) is 86.8 Å². The average molecular weight is 593 g/mol. The molecule has 0 heterocycles. The summed E-state index contributed by atoms with van der Waals surface area (Å²) in [4.78, 5) is 27.6. The third-order valence-electron chi connectivity index (χ3n) is 5.66. The smallest absolute Gasteiger partial charge is 0.264 e. The minimum Gasteiger partial charge on any atom is -0.357 e. The normalized spacial score (nSPS) is 12.0. The number of amides is 2. The second-order valence-electron chi connectivity index (χ2n) is 8.24. The van der Waals surface area contributed by atoms with E-state index >= 15 is 0 Å². The zero-order valence-corrected chi connectivity index (χ0v) is 23.3. The first-order valence-electron chi connectivity index (χ1n) is 11.1. The van der Waals surface area contributed by atoms with Gasteiger partial charge in [-0.25, -0.2) is 8.42 Å². The molecule has 0 aliphatic rings. The SMILES string of the molecule is CNC(=O)[C@@H](C)N(Cc1ccc(Cl)cc1)C(=O)CN(c1cccc(Br)c1)S(=O)(=O)c1ccc(C)cc1. The Morgan fingerprint density at radius 1 is 1.03 bits per heavy atom. The molecular weight excluding hydrogens is 566 g/mol. The number of carbonyl (C=O) groups is 2. The number of hydrogen-bond donors (Lipinski definition) is 1. The van der Waals surface area contributed by atoms with E-state index in [9.17, 15) is 18.0 Å². The summed E-state index contributed by atoms with van der Waals surface area (Å²) >= 11 is 9.37. The Bertz CT molecular complexity index is 1330. The van der Waals surface area contributed by atoms with Crippen LogP contribution in [-0.4, -0.2) is 44.8 Å². The van der Waals surface area contributed by atoms with E-state index in [1.807, 2.05) is 6.92 Å². The molecule has 0 fully saturated rings. The highest BCUT2D eigenvalue weighted by atomic mass is 79.9. The van der Waals surface area contributed by atoms with Gasteiger partial charge in [0.15, 0.2) is 0 Å². The molecule has 1 N–H and O–H groups in total. The molecule has 0 aliphatic carbocycles. The number of benzene rings is 3. The summed E-state index contributed by atoms with van der Waals surface area (Å²) in [6, 6.07) is 19.2. The standard InChI is InChI=1S/C26H27BrClN3O4S/c1-18-7-13-24(14-8-18)36(34,35)31(23-6-4-5-21(27)15-23)17-25(32)30(19(2)26(33)29-3)16-20-9-11-22(28)12-10-20/h4-15,19H,16-17H2,1-3H3,(H,29,33)/t19-/m1/s1. The maximum Gasteiger partial charge on any atom is 0.264 e. The lowest BCUT2D eigenvalue weighted by Gasteiger charge is -2.31. The number of carbonyl (C=O) groups excluding carboxylic acids is 2. The first kappa shape index (κ1) is 27.7. The summed E-state index contributed by atoms with van der Waals surface area (Å²) < 4.78 is 29.2. The van der Waals surface area contributed by atoms with E-state index in [1.54, 1.807) is 67.6 Å². The molecule has 0 radical (unpaired) electrons. The van der Waals surface area contributed by atoms with Gasteiger partial charge in [-0.15, -0.1) is 0 Å². The van der Waals surface area contributed by atoms with E-state index in [-0.39, 0.29) is 17.3 Å². The molecule has 3 rings (SSSR count). The maximum absolute atomic E-state index is 13.7. The Labute approximate surface area is 225 Å². The van der Waals surface area contributed by atoms with Crippen molar-refractivity contribution >= 4 is 55.1 Å². The molecule has 10 heteroatoms. The molecule has 0 spiro atoms. The molecular formula is C26H27BrClN3O4S. The number of rotatable bonds is 9. The highest BCUT2D eigenvalue weighted by Crippen LogP contribution is 2.27. The van der Waals surface area contributed by atoms with Crippen molar-refractivity contribution in [2.24, 2.45) is 0 Å². The molecule has 1 atom stereocenters. The van der Waals surface area contributed by atoms with Gasteiger partial charge in [0.25, 0.3) is 10.0 Å². The molecule has 0 saturated carbocycles. The van der Waals surface area contributed by atoms with Crippen molar-refractivity contribution in [1.29, 1.82) is 0 Å². The lowest BCUT2D eigenvalue weighted by atomic mass is 10.1. The first-order valence-corrected chi connectivity index (χ1v) is 13.7. The third-order valence-corrected chi connectivity index (χ3v) is 8.20. The molecule has 0 bridgehead atoms. The fourth-order valence-electron chi connectivity index (χ4n) is 3.58. The summed E-state index contributed by atoms with van der Waals surface area (Å²) in [7, 11) is -2.61. The number of hydrogen-bond acceptors (Lipinski definition) is 4. The number of nitrogens with one attached hydrogen (secondary N) is 1. The Hall–Kier alpha value is -2.88. The van der Waals surface area contributed by atoms with Crippen molar-refractivity contribution < 1.29 is 18.0 Å². The number of halogens is 2. The highest BCUT2D eigenvalue weighted by Gasteiger charge is 2.32. The van der Waals surface area contributed by atoms with Gasteiger partial charge in [-0.1, -0.05) is 63.4 Å². The molecule has 0 saturated heterocycles. The monoisotopic (exact) mass is 591 g/mol. The predicted octanol–water partition coefficient (Wildman–Crippen LogP) is 4.77. The highest BCUT2D eigenvalue weighted by molar-refractivity contribution is 9.10. The van der Waals surface area contributed by atoms with Crippen LogP contribution in [0.5, 0.6) is 0 Å². The van der Waals surface area contributed by atoms with Crippen LogP contribution in [0.1, 0.15) is 18.1 Å². The molecule has 3 aromatic carbocycles. The van der Waals surface area contributed by atoms with Crippen molar-refractivity contribution in [3.8, 4) is 0 Å². The third kappa shape index (κ3) is 6.66. The van der Waals surface area contributed by atoms with Gasteiger partial charge in [0.2, 0.25) is 11.8 Å². The second kappa shape index (κ2) is 11.9. The van der Waals surface area contributed by atoms with E-state index in [0.717, 1.165) is 15.4 Å². The quantitative estimate of drug-likeness (QED) is 0.388. The van der Waals surface area contributed by atoms with Gasteiger partial charge in [0, 0.05) is 23.1 Å².